The van der Waals surface area contributed by atoms with Crippen LogP contribution in [0.1, 0.15) is 25.0 Å². The van der Waals surface area contributed by atoms with Crippen molar-refractivity contribution in [1.82, 2.24) is 0 Å². The molecule has 0 aliphatic heterocycles. The average Bonchev–Trinajstić information content (AvgIpc) is 2.18. The molecule has 3 nitrogen and oxygen atoms in total. The zero-order chi connectivity index (χ0) is 11.4. The normalized spacial score (nSPS) is 14.6. The van der Waals surface area contributed by atoms with Gasteiger partial charge in [-0.25, -0.2) is 0 Å². The Labute approximate surface area is 96.9 Å². The van der Waals surface area contributed by atoms with E-state index < -0.39 is 18.0 Å². The fraction of sp³-hybridized carbons (Fsp3) is 0.364. The van der Waals surface area contributed by atoms with Crippen molar-refractivity contribution in [2.24, 2.45) is 5.92 Å². The predicted octanol–water partition coefficient (Wildman–Crippen LogP) is 2.59. The third-order valence-electron chi connectivity index (χ3n) is 2.36. The van der Waals surface area contributed by atoms with Gasteiger partial charge in [-0.2, -0.15) is 0 Å². The van der Waals surface area contributed by atoms with E-state index in [0.29, 0.717) is 12.0 Å². The van der Waals surface area contributed by atoms with Crippen molar-refractivity contribution in [3.63, 3.8) is 0 Å². The van der Waals surface area contributed by atoms with E-state index in [0.717, 1.165) is 4.47 Å². The first-order valence-corrected chi connectivity index (χ1v) is 5.52. The van der Waals surface area contributed by atoms with E-state index >= 15 is 0 Å². The molecule has 1 aromatic carbocycles. The first-order valence-electron chi connectivity index (χ1n) is 4.73. The van der Waals surface area contributed by atoms with Gasteiger partial charge in [0, 0.05) is 4.47 Å². The van der Waals surface area contributed by atoms with E-state index in [2.05, 4.69) is 15.9 Å². The van der Waals surface area contributed by atoms with Gasteiger partial charge in [0.1, 0.15) is 0 Å². The van der Waals surface area contributed by atoms with Crippen LogP contribution >= 0.6 is 15.9 Å². The van der Waals surface area contributed by atoms with E-state index in [4.69, 9.17) is 5.11 Å². The van der Waals surface area contributed by atoms with Gasteiger partial charge in [0.2, 0.25) is 0 Å². The maximum Gasteiger partial charge on any atom is 0.309 e. The lowest BCUT2D eigenvalue weighted by Gasteiger charge is -2.18. The Balaban J connectivity index is 2.97. The van der Waals surface area contributed by atoms with Crippen LogP contribution < -0.4 is 0 Å². The summed E-state index contributed by atoms with van der Waals surface area (Å²) < 4.78 is 0.734. The minimum absolute atomic E-state index is 0.401. The molecule has 0 aromatic heterocycles. The summed E-state index contributed by atoms with van der Waals surface area (Å²) in [4.78, 5) is 10.9. The van der Waals surface area contributed by atoms with Crippen LogP contribution in [-0.4, -0.2) is 16.2 Å². The minimum Gasteiger partial charge on any atom is -0.481 e. The molecule has 2 unspecified atom stereocenters. The van der Waals surface area contributed by atoms with Gasteiger partial charge >= 0.3 is 5.97 Å². The van der Waals surface area contributed by atoms with Gasteiger partial charge in [0.05, 0.1) is 12.0 Å². The average molecular weight is 273 g/mol. The number of halogens is 1. The van der Waals surface area contributed by atoms with E-state index in [1.54, 1.807) is 25.1 Å². The number of aliphatic hydroxyl groups is 1. The second-order valence-electron chi connectivity index (χ2n) is 3.32. The molecule has 0 saturated carbocycles. The van der Waals surface area contributed by atoms with Crippen molar-refractivity contribution in [2.45, 2.75) is 19.4 Å². The van der Waals surface area contributed by atoms with Gasteiger partial charge in [0.15, 0.2) is 0 Å². The summed E-state index contributed by atoms with van der Waals surface area (Å²) in [6.45, 7) is 1.75. The van der Waals surface area contributed by atoms with E-state index in [1.807, 2.05) is 6.07 Å². The van der Waals surface area contributed by atoms with Crippen LogP contribution in [0.2, 0.25) is 0 Å². The van der Waals surface area contributed by atoms with E-state index in [1.165, 1.54) is 0 Å². The summed E-state index contributed by atoms with van der Waals surface area (Å²) in [5.41, 5.74) is 0.617. The molecule has 1 aromatic rings. The Morgan fingerprint density at radius 1 is 1.47 bits per heavy atom. The summed E-state index contributed by atoms with van der Waals surface area (Å²) in [6, 6.07) is 7.10. The molecule has 2 N–H and O–H groups in total. The highest BCUT2D eigenvalue weighted by atomic mass is 79.9. The SMILES string of the molecule is CCC(C(=O)O)C(O)c1ccccc1Br. The molecule has 0 amide bonds. The molecule has 0 bridgehead atoms. The number of carboxylic acids is 1. The maximum absolute atomic E-state index is 10.9. The predicted molar refractivity (Wildman–Crippen MR) is 60.5 cm³/mol. The first-order chi connectivity index (χ1) is 7.07. The quantitative estimate of drug-likeness (QED) is 0.886. The third-order valence-corrected chi connectivity index (χ3v) is 3.08. The highest BCUT2D eigenvalue weighted by Crippen LogP contribution is 2.30. The van der Waals surface area contributed by atoms with Crippen LogP contribution in [0.3, 0.4) is 0 Å². The molecule has 15 heavy (non-hydrogen) atoms. The van der Waals surface area contributed by atoms with Crippen molar-refractivity contribution < 1.29 is 15.0 Å². The van der Waals surface area contributed by atoms with Crippen LogP contribution in [0.5, 0.6) is 0 Å². The zero-order valence-corrected chi connectivity index (χ0v) is 9.94. The minimum atomic E-state index is -0.972. The summed E-state index contributed by atoms with van der Waals surface area (Å²) in [6.07, 6.45) is -0.569. The van der Waals surface area contributed by atoms with Crippen molar-refractivity contribution in [2.75, 3.05) is 0 Å². The summed E-state index contributed by atoms with van der Waals surface area (Å²) in [5, 5.41) is 18.8. The fourth-order valence-corrected chi connectivity index (χ4v) is 1.98. The molecule has 1 rings (SSSR count). The largest absolute Gasteiger partial charge is 0.481 e. The number of rotatable bonds is 4. The Kier molecular flexibility index (Phi) is 4.29. The monoisotopic (exact) mass is 272 g/mol. The van der Waals surface area contributed by atoms with Crippen LogP contribution in [0.25, 0.3) is 0 Å². The van der Waals surface area contributed by atoms with Gasteiger partial charge < -0.3 is 10.2 Å². The highest BCUT2D eigenvalue weighted by Gasteiger charge is 2.26. The molecule has 4 heteroatoms. The van der Waals surface area contributed by atoms with Gasteiger partial charge in [-0.1, -0.05) is 41.1 Å². The molecular formula is C11H13BrO3. The van der Waals surface area contributed by atoms with Crippen LogP contribution in [0.15, 0.2) is 28.7 Å². The molecule has 0 aliphatic carbocycles. The van der Waals surface area contributed by atoms with Crippen LogP contribution in [0, 0.1) is 5.92 Å². The van der Waals surface area contributed by atoms with Crippen molar-refractivity contribution in [3.05, 3.63) is 34.3 Å². The second kappa shape index (κ2) is 5.28. The van der Waals surface area contributed by atoms with Crippen molar-refractivity contribution >= 4 is 21.9 Å². The molecule has 0 aliphatic rings. The number of benzene rings is 1. The smallest absolute Gasteiger partial charge is 0.309 e. The van der Waals surface area contributed by atoms with Crippen LogP contribution in [0.4, 0.5) is 0 Å². The van der Waals surface area contributed by atoms with Crippen molar-refractivity contribution in [1.29, 1.82) is 0 Å². The molecule has 82 valence electrons. The van der Waals surface area contributed by atoms with Crippen LogP contribution in [-0.2, 0) is 4.79 Å². The molecular weight excluding hydrogens is 260 g/mol. The molecule has 2 atom stereocenters. The zero-order valence-electron chi connectivity index (χ0n) is 8.35. The summed E-state index contributed by atoms with van der Waals surface area (Å²) >= 11 is 3.29. The second-order valence-corrected chi connectivity index (χ2v) is 4.17. The van der Waals surface area contributed by atoms with Gasteiger partial charge in [-0.3, -0.25) is 4.79 Å². The number of aliphatic hydroxyl groups excluding tert-OH is 1. The fourth-order valence-electron chi connectivity index (χ4n) is 1.46. The molecule has 0 spiro atoms. The summed E-state index contributed by atoms with van der Waals surface area (Å²) in [5.74, 6) is -1.73. The van der Waals surface area contributed by atoms with E-state index in [9.17, 15) is 9.90 Å². The Hall–Kier alpha value is -0.870. The van der Waals surface area contributed by atoms with E-state index in [-0.39, 0.29) is 0 Å². The number of carboxylic acid groups (broad SMARTS) is 1. The molecule has 0 fully saturated rings. The first kappa shape index (κ1) is 12.2. The molecule has 0 heterocycles. The number of carbonyl (C=O) groups is 1. The van der Waals surface area contributed by atoms with Gasteiger partial charge in [-0.05, 0) is 18.1 Å². The summed E-state index contributed by atoms with van der Waals surface area (Å²) in [7, 11) is 0. The van der Waals surface area contributed by atoms with Gasteiger partial charge in [-0.15, -0.1) is 0 Å². The lowest BCUT2D eigenvalue weighted by atomic mass is 9.94. The lowest BCUT2D eigenvalue weighted by Crippen LogP contribution is -2.21. The standard InChI is InChI=1S/C11H13BrO3/c1-2-7(11(14)15)10(13)8-5-3-4-6-9(8)12/h3-7,10,13H,2H2,1H3,(H,14,15). The third kappa shape index (κ3) is 2.79. The lowest BCUT2D eigenvalue weighted by molar-refractivity contribution is -0.146. The highest BCUT2D eigenvalue weighted by molar-refractivity contribution is 9.10. The van der Waals surface area contributed by atoms with Crippen molar-refractivity contribution in [3.8, 4) is 0 Å². The Morgan fingerprint density at radius 2 is 2.07 bits per heavy atom. The number of hydrogen-bond donors (Lipinski definition) is 2. The number of aliphatic carboxylic acids is 1. The Bertz CT molecular complexity index is 351. The molecule has 0 saturated heterocycles. The topological polar surface area (TPSA) is 57.5 Å². The van der Waals surface area contributed by atoms with Gasteiger partial charge in [0.25, 0.3) is 0 Å². The molecule has 0 radical (unpaired) electrons. The number of hydrogen-bond acceptors (Lipinski definition) is 2. The Morgan fingerprint density at radius 3 is 2.53 bits per heavy atom. The maximum atomic E-state index is 10.9.